The van der Waals surface area contributed by atoms with Gasteiger partial charge in [-0.1, -0.05) is 13.8 Å². The van der Waals surface area contributed by atoms with E-state index in [0.717, 1.165) is 25.9 Å². The molecule has 2 heteroatoms. The fourth-order valence-corrected chi connectivity index (χ4v) is 0.901. The van der Waals surface area contributed by atoms with Gasteiger partial charge >= 0.3 is 0 Å². The third-order valence-electron chi connectivity index (χ3n) is 1.34. The molecule has 0 aromatic rings. The Morgan fingerprint density at radius 2 is 1.70 bits per heavy atom. The van der Waals surface area contributed by atoms with E-state index in [2.05, 4.69) is 20.8 Å². The molecule has 0 unspecified atom stereocenters. The second-order valence-electron chi connectivity index (χ2n) is 2.38. The van der Waals surface area contributed by atoms with Crippen LogP contribution in [0.2, 0.25) is 0 Å². The molecule has 0 heterocycles. The number of hydrogen-bond donors (Lipinski definition) is 0. The summed E-state index contributed by atoms with van der Waals surface area (Å²) in [5.74, 6) is -0.0521. The summed E-state index contributed by atoms with van der Waals surface area (Å²) in [4.78, 5) is 12.5. The van der Waals surface area contributed by atoms with E-state index in [9.17, 15) is 4.79 Å². The lowest BCUT2D eigenvalue weighted by atomic mass is 10.3. The standard InChI is InChI=1S/C8H16NO/c1-4-6-9(7-5-2)8(3)10/h3-7H2,1-2H3. The van der Waals surface area contributed by atoms with Crippen LogP contribution in [-0.2, 0) is 4.79 Å². The minimum absolute atomic E-state index is 0.0521. The van der Waals surface area contributed by atoms with Crippen molar-refractivity contribution in [2.75, 3.05) is 13.1 Å². The van der Waals surface area contributed by atoms with E-state index in [1.807, 2.05) is 0 Å². The minimum atomic E-state index is -0.0521. The summed E-state index contributed by atoms with van der Waals surface area (Å²) in [5, 5.41) is 0. The fourth-order valence-electron chi connectivity index (χ4n) is 0.901. The maximum absolute atomic E-state index is 10.7. The molecule has 0 aromatic carbocycles. The molecule has 1 radical (unpaired) electrons. The van der Waals surface area contributed by atoms with E-state index in [4.69, 9.17) is 0 Å². The smallest absolute Gasteiger partial charge is 0.223 e. The normalized spacial score (nSPS) is 9.50. The summed E-state index contributed by atoms with van der Waals surface area (Å²) < 4.78 is 0. The van der Waals surface area contributed by atoms with Crippen molar-refractivity contribution in [1.82, 2.24) is 4.90 Å². The van der Waals surface area contributed by atoms with Crippen LogP contribution >= 0.6 is 0 Å². The highest BCUT2D eigenvalue weighted by Crippen LogP contribution is 1.93. The highest BCUT2D eigenvalue weighted by atomic mass is 16.2. The molecule has 1 amide bonds. The lowest BCUT2D eigenvalue weighted by Crippen LogP contribution is -2.30. The van der Waals surface area contributed by atoms with E-state index in [1.54, 1.807) is 4.90 Å². The number of amides is 1. The van der Waals surface area contributed by atoms with Crippen LogP contribution in [0.15, 0.2) is 0 Å². The Bertz CT molecular complexity index is 95.4. The predicted octanol–water partition coefficient (Wildman–Crippen LogP) is 1.47. The Morgan fingerprint density at radius 3 is 1.90 bits per heavy atom. The van der Waals surface area contributed by atoms with Crippen molar-refractivity contribution in [2.45, 2.75) is 26.7 Å². The summed E-state index contributed by atoms with van der Waals surface area (Å²) >= 11 is 0. The SMILES string of the molecule is [CH2]C(=O)N(CCC)CCC. The number of rotatable bonds is 4. The van der Waals surface area contributed by atoms with Crippen molar-refractivity contribution < 1.29 is 4.79 Å². The van der Waals surface area contributed by atoms with Gasteiger partial charge in [-0.15, -0.1) is 0 Å². The van der Waals surface area contributed by atoms with Crippen molar-refractivity contribution in [1.29, 1.82) is 0 Å². The lowest BCUT2D eigenvalue weighted by molar-refractivity contribution is -0.126. The summed E-state index contributed by atoms with van der Waals surface area (Å²) in [6, 6.07) is 0. The van der Waals surface area contributed by atoms with Gasteiger partial charge < -0.3 is 4.90 Å². The van der Waals surface area contributed by atoms with E-state index in [0.29, 0.717) is 0 Å². The Kier molecular flexibility index (Phi) is 4.99. The first-order chi connectivity index (χ1) is 4.72. The Labute approximate surface area is 63.2 Å². The van der Waals surface area contributed by atoms with Gasteiger partial charge in [0.25, 0.3) is 0 Å². The maximum Gasteiger partial charge on any atom is 0.223 e. The average molecular weight is 142 g/mol. The highest BCUT2D eigenvalue weighted by Gasteiger charge is 2.03. The first-order valence-corrected chi connectivity index (χ1v) is 3.83. The molecular weight excluding hydrogens is 126 g/mol. The van der Waals surface area contributed by atoms with E-state index < -0.39 is 0 Å². The minimum Gasteiger partial charge on any atom is -0.343 e. The van der Waals surface area contributed by atoms with Gasteiger partial charge in [0, 0.05) is 20.0 Å². The van der Waals surface area contributed by atoms with Gasteiger partial charge in [0.2, 0.25) is 5.91 Å². The lowest BCUT2D eigenvalue weighted by Gasteiger charge is -2.18. The second kappa shape index (κ2) is 5.27. The monoisotopic (exact) mass is 142 g/mol. The highest BCUT2D eigenvalue weighted by molar-refractivity contribution is 5.80. The number of nitrogens with zero attached hydrogens (tertiary/aromatic N) is 1. The molecule has 0 N–H and O–H groups in total. The summed E-state index contributed by atoms with van der Waals surface area (Å²) in [5.41, 5.74) is 0. The molecule has 59 valence electrons. The van der Waals surface area contributed by atoms with Crippen LogP contribution in [0.4, 0.5) is 0 Å². The summed E-state index contributed by atoms with van der Waals surface area (Å²) in [7, 11) is 0. The van der Waals surface area contributed by atoms with Crippen LogP contribution in [0.25, 0.3) is 0 Å². The van der Waals surface area contributed by atoms with Crippen LogP contribution < -0.4 is 0 Å². The molecule has 0 fully saturated rings. The molecule has 0 saturated heterocycles. The summed E-state index contributed by atoms with van der Waals surface area (Å²) in [6.45, 7) is 9.17. The molecule has 0 saturated carbocycles. The van der Waals surface area contributed by atoms with Gasteiger partial charge in [0.1, 0.15) is 0 Å². The number of carbonyl (C=O) groups is 1. The predicted molar refractivity (Wildman–Crippen MR) is 42.5 cm³/mol. The van der Waals surface area contributed by atoms with E-state index in [1.165, 1.54) is 0 Å². The second-order valence-corrected chi connectivity index (χ2v) is 2.38. The third kappa shape index (κ3) is 3.49. The molecule has 0 bridgehead atoms. The molecule has 0 atom stereocenters. The Hall–Kier alpha value is -0.530. The zero-order valence-corrected chi connectivity index (χ0v) is 6.89. The maximum atomic E-state index is 10.7. The number of hydrogen-bond acceptors (Lipinski definition) is 1. The third-order valence-corrected chi connectivity index (χ3v) is 1.34. The van der Waals surface area contributed by atoms with Gasteiger partial charge in [-0.25, -0.2) is 0 Å². The van der Waals surface area contributed by atoms with Gasteiger partial charge in [0.15, 0.2) is 0 Å². The van der Waals surface area contributed by atoms with Gasteiger partial charge in [-0.3, -0.25) is 4.79 Å². The fraction of sp³-hybridized carbons (Fsp3) is 0.750. The zero-order chi connectivity index (χ0) is 7.98. The van der Waals surface area contributed by atoms with E-state index in [-0.39, 0.29) is 5.91 Å². The summed E-state index contributed by atoms with van der Waals surface area (Å²) in [6.07, 6.45) is 2.03. The first kappa shape index (κ1) is 9.47. The van der Waals surface area contributed by atoms with Crippen molar-refractivity contribution in [3.05, 3.63) is 6.92 Å². The quantitative estimate of drug-likeness (QED) is 0.582. The molecule has 0 aliphatic carbocycles. The Morgan fingerprint density at radius 1 is 1.30 bits per heavy atom. The largest absolute Gasteiger partial charge is 0.343 e. The topological polar surface area (TPSA) is 20.3 Å². The molecule has 0 spiro atoms. The molecule has 0 rings (SSSR count). The number of carbonyl (C=O) groups excluding carboxylic acids is 1. The van der Waals surface area contributed by atoms with Crippen molar-refractivity contribution in [2.24, 2.45) is 0 Å². The van der Waals surface area contributed by atoms with Crippen LogP contribution in [0.3, 0.4) is 0 Å². The first-order valence-electron chi connectivity index (χ1n) is 3.83. The van der Waals surface area contributed by atoms with Gasteiger partial charge in [0.05, 0.1) is 0 Å². The average Bonchev–Trinajstić information content (AvgIpc) is 1.87. The molecule has 10 heavy (non-hydrogen) atoms. The molecule has 2 nitrogen and oxygen atoms in total. The van der Waals surface area contributed by atoms with Crippen molar-refractivity contribution in [3.8, 4) is 0 Å². The Balaban J connectivity index is 3.61. The van der Waals surface area contributed by atoms with Crippen LogP contribution in [0, 0.1) is 6.92 Å². The molecule has 0 aromatic heterocycles. The van der Waals surface area contributed by atoms with Crippen molar-refractivity contribution >= 4 is 5.91 Å². The molecule has 0 aliphatic rings. The van der Waals surface area contributed by atoms with Crippen LogP contribution in [0.5, 0.6) is 0 Å². The van der Waals surface area contributed by atoms with Crippen LogP contribution in [0.1, 0.15) is 26.7 Å². The van der Waals surface area contributed by atoms with Crippen LogP contribution in [-0.4, -0.2) is 23.9 Å². The van der Waals surface area contributed by atoms with E-state index >= 15 is 0 Å². The van der Waals surface area contributed by atoms with Gasteiger partial charge in [-0.2, -0.15) is 0 Å². The molecular formula is C8H16NO. The van der Waals surface area contributed by atoms with Gasteiger partial charge in [-0.05, 0) is 12.8 Å². The zero-order valence-electron chi connectivity index (χ0n) is 6.89. The molecule has 0 aliphatic heterocycles. The van der Waals surface area contributed by atoms with Crippen molar-refractivity contribution in [3.63, 3.8) is 0 Å².